The topological polar surface area (TPSA) is 21.3 Å². The van der Waals surface area contributed by atoms with Crippen LogP contribution in [0.4, 0.5) is 0 Å². The molecular formula is C14H22ClNO. The van der Waals surface area contributed by atoms with E-state index in [4.69, 9.17) is 16.3 Å². The molecule has 1 N–H and O–H groups in total. The van der Waals surface area contributed by atoms with Crippen LogP contribution in [-0.2, 0) is 0 Å². The monoisotopic (exact) mass is 255 g/mol. The Morgan fingerprint density at radius 1 is 1.35 bits per heavy atom. The van der Waals surface area contributed by atoms with E-state index < -0.39 is 0 Å². The highest BCUT2D eigenvalue weighted by Gasteiger charge is 2.13. The first-order valence-electron chi connectivity index (χ1n) is 6.21. The van der Waals surface area contributed by atoms with Crippen molar-refractivity contribution in [2.45, 2.75) is 45.8 Å². The minimum Gasteiger partial charge on any atom is -0.490 e. The van der Waals surface area contributed by atoms with Crippen molar-refractivity contribution in [1.82, 2.24) is 5.32 Å². The first-order chi connectivity index (χ1) is 8.08. The Balaban J connectivity index is 2.90. The maximum atomic E-state index is 6.03. The van der Waals surface area contributed by atoms with E-state index in [0.717, 1.165) is 29.2 Å². The van der Waals surface area contributed by atoms with Crippen LogP contribution in [0.25, 0.3) is 0 Å². The van der Waals surface area contributed by atoms with Crippen LogP contribution in [-0.4, -0.2) is 13.2 Å². The Morgan fingerprint density at radius 3 is 2.65 bits per heavy atom. The van der Waals surface area contributed by atoms with Crippen molar-refractivity contribution in [2.75, 3.05) is 7.05 Å². The number of ether oxygens (including phenoxy) is 1. The molecule has 0 saturated heterocycles. The minimum atomic E-state index is 0.234. The molecule has 0 heterocycles. The fraction of sp³-hybridized carbons (Fsp3) is 0.571. The fourth-order valence-corrected chi connectivity index (χ4v) is 1.98. The summed E-state index contributed by atoms with van der Waals surface area (Å²) in [4.78, 5) is 0. The Labute approximate surface area is 109 Å². The largest absolute Gasteiger partial charge is 0.490 e. The summed E-state index contributed by atoms with van der Waals surface area (Å²) in [5.41, 5.74) is 1.11. The Bertz CT molecular complexity index is 354. The molecular weight excluding hydrogens is 234 g/mol. The Hall–Kier alpha value is -0.730. The molecule has 0 bridgehead atoms. The van der Waals surface area contributed by atoms with E-state index in [-0.39, 0.29) is 12.1 Å². The summed E-state index contributed by atoms with van der Waals surface area (Å²) in [6.07, 6.45) is 2.44. The van der Waals surface area contributed by atoms with Gasteiger partial charge in [-0.05, 0) is 45.5 Å². The molecule has 2 nitrogen and oxygen atoms in total. The SMILES string of the molecule is CCCC(C)Oc1ccc(Cl)cc1C(C)NC. The molecule has 0 aromatic heterocycles. The molecule has 17 heavy (non-hydrogen) atoms. The maximum absolute atomic E-state index is 6.03. The van der Waals surface area contributed by atoms with Crippen molar-refractivity contribution in [3.8, 4) is 5.75 Å². The fourth-order valence-electron chi connectivity index (χ4n) is 1.80. The first kappa shape index (κ1) is 14.3. The lowest BCUT2D eigenvalue weighted by Crippen LogP contribution is -2.17. The summed E-state index contributed by atoms with van der Waals surface area (Å²) in [7, 11) is 1.94. The molecule has 0 saturated carbocycles. The number of nitrogens with one attached hydrogen (secondary N) is 1. The van der Waals surface area contributed by atoms with Gasteiger partial charge in [-0.15, -0.1) is 0 Å². The number of benzene rings is 1. The van der Waals surface area contributed by atoms with Gasteiger partial charge in [0.25, 0.3) is 0 Å². The molecule has 0 aliphatic carbocycles. The summed E-state index contributed by atoms with van der Waals surface area (Å²) in [5.74, 6) is 0.928. The van der Waals surface area contributed by atoms with Crippen molar-refractivity contribution < 1.29 is 4.74 Å². The molecule has 0 spiro atoms. The summed E-state index contributed by atoms with van der Waals surface area (Å²) < 4.78 is 5.97. The normalized spacial score (nSPS) is 14.4. The van der Waals surface area contributed by atoms with Gasteiger partial charge in [-0.1, -0.05) is 24.9 Å². The lowest BCUT2D eigenvalue weighted by atomic mass is 10.1. The van der Waals surface area contributed by atoms with E-state index in [1.165, 1.54) is 0 Å². The van der Waals surface area contributed by atoms with Gasteiger partial charge >= 0.3 is 0 Å². The van der Waals surface area contributed by atoms with E-state index in [9.17, 15) is 0 Å². The molecule has 0 fully saturated rings. The van der Waals surface area contributed by atoms with Crippen LogP contribution < -0.4 is 10.1 Å². The van der Waals surface area contributed by atoms with E-state index >= 15 is 0 Å². The smallest absolute Gasteiger partial charge is 0.124 e. The minimum absolute atomic E-state index is 0.234. The molecule has 0 aliphatic rings. The van der Waals surface area contributed by atoms with Gasteiger partial charge in [0.1, 0.15) is 5.75 Å². The van der Waals surface area contributed by atoms with Gasteiger partial charge in [-0.25, -0.2) is 0 Å². The zero-order chi connectivity index (χ0) is 12.8. The molecule has 0 radical (unpaired) electrons. The molecule has 2 atom stereocenters. The van der Waals surface area contributed by atoms with E-state index in [2.05, 4.69) is 26.1 Å². The van der Waals surface area contributed by atoms with Crippen molar-refractivity contribution in [2.24, 2.45) is 0 Å². The first-order valence-corrected chi connectivity index (χ1v) is 6.59. The van der Waals surface area contributed by atoms with Crippen molar-refractivity contribution >= 4 is 11.6 Å². The summed E-state index contributed by atoms with van der Waals surface area (Å²) in [6, 6.07) is 6.04. The quantitative estimate of drug-likeness (QED) is 0.823. The van der Waals surface area contributed by atoms with Crippen LogP contribution in [0.1, 0.15) is 45.2 Å². The van der Waals surface area contributed by atoms with Gasteiger partial charge in [0.15, 0.2) is 0 Å². The second-order valence-electron chi connectivity index (χ2n) is 4.41. The average molecular weight is 256 g/mol. The third-order valence-electron chi connectivity index (χ3n) is 2.89. The van der Waals surface area contributed by atoms with Crippen molar-refractivity contribution in [3.05, 3.63) is 28.8 Å². The molecule has 96 valence electrons. The lowest BCUT2D eigenvalue weighted by Gasteiger charge is -2.20. The predicted molar refractivity (Wildman–Crippen MR) is 73.9 cm³/mol. The van der Waals surface area contributed by atoms with Crippen LogP contribution in [0.3, 0.4) is 0 Å². The lowest BCUT2D eigenvalue weighted by molar-refractivity contribution is 0.206. The second kappa shape index (κ2) is 6.87. The predicted octanol–water partition coefficient (Wildman–Crippen LogP) is 4.19. The maximum Gasteiger partial charge on any atom is 0.124 e. The van der Waals surface area contributed by atoms with Gasteiger partial charge in [0.2, 0.25) is 0 Å². The van der Waals surface area contributed by atoms with Crippen LogP contribution in [0, 0.1) is 0 Å². The van der Waals surface area contributed by atoms with Gasteiger partial charge in [-0.3, -0.25) is 0 Å². The zero-order valence-electron chi connectivity index (χ0n) is 11.1. The summed E-state index contributed by atoms with van der Waals surface area (Å²) in [6.45, 7) is 6.37. The number of hydrogen-bond donors (Lipinski definition) is 1. The van der Waals surface area contributed by atoms with Gasteiger partial charge < -0.3 is 10.1 Å². The average Bonchev–Trinajstić information content (AvgIpc) is 2.30. The third-order valence-corrected chi connectivity index (χ3v) is 3.13. The highest BCUT2D eigenvalue weighted by molar-refractivity contribution is 6.30. The molecule has 3 heteroatoms. The van der Waals surface area contributed by atoms with Crippen molar-refractivity contribution in [1.29, 1.82) is 0 Å². The van der Waals surface area contributed by atoms with E-state index in [1.54, 1.807) is 0 Å². The summed E-state index contributed by atoms with van der Waals surface area (Å²) >= 11 is 6.03. The third kappa shape index (κ3) is 4.21. The highest BCUT2D eigenvalue weighted by atomic mass is 35.5. The van der Waals surface area contributed by atoms with Crippen LogP contribution in [0.5, 0.6) is 5.75 Å². The van der Waals surface area contributed by atoms with Crippen molar-refractivity contribution in [3.63, 3.8) is 0 Å². The van der Waals surface area contributed by atoms with E-state index in [1.807, 2.05) is 25.2 Å². The van der Waals surface area contributed by atoms with Crippen LogP contribution >= 0.6 is 11.6 Å². The van der Waals surface area contributed by atoms with Gasteiger partial charge in [-0.2, -0.15) is 0 Å². The molecule has 1 rings (SSSR count). The second-order valence-corrected chi connectivity index (χ2v) is 4.85. The van der Waals surface area contributed by atoms with Gasteiger partial charge in [0, 0.05) is 16.6 Å². The molecule has 1 aromatic carbocycles. The Morgan fingerprint density at radius 2 is 2.06 bits per heavy atom. The van der Waals surface area contributed by atoms with E-state index in [0.29, 0.717) is 0 Å². The molecule has 2 unspecified atom stereocenters. The Kier molecular flexibility index (Phi) is 5.79. The van der Waals surface area contributed by atoms with Crippen LogP contribution in [0.15, 0.2) is 18.2 Å². The molecule has 1 aromatic rings. The van der Waals surface area contributed by atoms with Gasteiger partial charge in [0.05, 0.1) is 6.10 Å². The summed E-state index contributed by atoms with van der Waals surface area (Å²) in [5, 5.41) is 3.96. The molecule has 0 aliphatic heterocycles. The molecule has 0 amide bonds. The standard InChI is InChI=1S/C14H22ClNO/c1-5-6-10(2)17-14-8-7-12(15)9-13(14)11(3)16-4/h7-11,16H,5-6H2,1-4H3. The van der Waals surface area contributed by atoms with Crippen LogP contribution in [0.2, 0.25) is 5.02 Å². The highest BCUT2D eigenvalue weighted by Crippen LogP contribution is 2.29. The number of hydrogen-bond acceptors (Lipinski definition) is 2. The number of halogens is 1. The zero-order valence-corrected chi connectivity index (χ0v) is 11.8. The number of rotatable bonds is 6.